The highest BCUT2D eigenvalue weighted by Crippen LogP contribution is 2.12. The fraction of sp³-hybridized carbons (Fsp3) is 0.667. The molecule has 0 spiro atoms. The first kappa shape index (κ1) is 19.8. The number of ether oxygens (including phenoxy) is 1. The molecule has 0 fully saturated rings. The Morgan fingerprint density at radius 2 is 1.77 bits per heavy atom. The molecule has 0 aliphatic heterocycles. The molecule has 0 saturated carbocycles. The van der Waals surface area contributed by atoms with Crippen LogP contribution in [0.2, 0.25) is 5.02 Å². The minimum atomic E-state index is -0.377. The summed E-state index contributed by atoms with van der Waals surface area (Å²) in [7, 11) is 0. The third-order valence-electron chi connectivity index (χ3n) is 3.44. The zero-order valence-corrected chi connectivity index (χ0v) is 15.2. The standard InChI is InChI=1S/C18H29ClO2S/c1-2-3-4-5-6-7-12-22-15-18(20)14-21-13-16-8-10-17(19)11-9-16/h8-11,18,20H,2-7,12-15H2,1H3. The Balaban J connectivity index is 1.93. The molecular weight excluding hydrogens is 316 g/mol. The summed E-state index contributed by atoms with van der Waals surface area (Å²) < 4.78 is 5.54. The van der Waals surface area contributed by atoms with Gasteiger partial charge in [0.05, 0.1) is 19.3 Å². The van der Waals surface area contributed by atoms with E-state index >= 15 is 0 Å². The van der Waals surface area contributed by atoms with Gasteiger partial charge in [0.25, 0.3) is 0 Å². The number of thioether (sulfide) groups is 1. The third kappa shape index (κ3) is 10.5. The fourth-order valence-electron chi connectivity index (χ4n) is 2.15. The van der Waals surface area contributed by atoms with Crippen molar-refractivity contribution >= 4 is 23.4 Å². The van der Waals surface area contributed by atoms with Gasteiger partial charge in [0.2, 0.25) is 0 Å². The molecule has 0 aliphatic carbocycles. The van der Waals surface area contributed by atoms with Gasteiger partial charge in [-0.1, -0.05) is 62.8 Å². The molecule has 1 rings (SSSR count). The number of rotatable bonds is 13. The van der Waals surface area contributed by atoms with E-state index in [9.17, 15) is 5.11 Å². The summed E-state index contributed by atoms with van der Waals surface area (Å²) in [4.78, 5) is 0. The third-order valence-corrected chi connectivity index (χ3v) is 4.89. The lowest BCUT2D eigenvalue weighted by molar-refractivity contribution is 0.0398. The van der Waals surface area contributed by atoms with Crippen LogP contribution in [0.1, 0.15) is 51.0 Å². The van der Waals surface area contributed by atoms with Crippen molar-refractivity contribution in [2.24, 2.45) is 0 Å². The van der Waals surface area contributed by atoms with Crippen LogP contribution in [0.3, 0.4) is 0 Å². The van der Waals surface area contributed by atoms with E-state index in [0.29, 0.717) is 13.2 Å². The molecule has 1 aromatic carbocycles. The van der Waals surface area contributed by atoms with Crippen LogP contribution in [-0.2, 0) is 11.3 Å². The van der Waals surface area contributed by atoms with E-state index in [4.69, 9.17) is 16.3 Å². The van der Waals surface area contributed by atoms with E-state index in [0.717, 1.165) is 22.1 Å². The van der Waals surface area contributed by atoms with Crippen LogP contribution in [0.4, 0.5) is 0 Å². The molecule has 0 saturated heterocycles. The van der Waals surface area contributed by atoms with E-state index in [2.05, 4.69) is 6.92 Å². The molecule has 0 aliphatic rings. The Morgan fingerprint density at radius 3 is 2.50 bits per heavy atom. The quantitative estimate of drug-likeness (QED) is 0.491. The molecule has 2 nitrogen and oxygen atoms in total. The molecule has 1 atom stereocenters. The fourth-order valence-corrected chi connectivity index (χ4v) is 3.21. The minimum absolute atomic E-state index is 0.377. The van der Waals surface area contributed by atoms with Crippen molar-refractivity contribution in [1.82, 2.24) is 0 Å². The maximum Gasteiger partial charge on any atom is 0.0863 e. The Bertz CT molecular complexity index is 370. The van der Waals surface area contributed by atoms with Gasteiger partial charge in [-0.05, 0) is 29.9 Å². The summed E-state index contributed by atoms with van der Waals surface area (Å²) in [5.41, 5.74) is 1.08. The van der Waals surface area contributed by atoms with Gasteiger partial charge in [-0.2, -0.15) is 11.8 Å². The van der Waals surface area contributed by atoms with E-state index in [-0.39, 0.29) is 6.10 Å². The zero-order valence-electron chi connectivity index (χ0n) is 13.6. The van der Waals surface area contributed by atoms with E-state index in [1.165, 1.54) is 38.5 Å². The van der Waals surface area contributed by atoms with Crippen molar-refractivity contribution in [2.75, 3.05) is 18.1 Å². The molecule has 126 valence electrons. The van der Waals surface area contributed by atoms with Crippen molar-refractivity contribution in [3.8, 4) is 0 Å². The predicted octanol–water partition coefficient (Wildman–Crippen LogP) is 5.31. The topological polar surface area (TPSA) is 29.5 Å². The number of unbranched alkanes of at least 4 members (excludes halogenated alkanes) is 5. The van der Waals surface area contributed by atoms with E-state index in [1.54, 1.807) is 0 Å². The normalized spacial score (nSPS) is 12.5. The van der Waals surface area contributed by atoms with Gasteiger partial charge in [-0.15, -0.1) is 0 Å². The average Bonchev–Trinajstić information content (AvgIpc) is 2.52. The minimum Gasteiger partial charge on any atom is -0.390 e. The van der Waals surface area contributed by atoms with Crippen LogP contribution in [0, 0.1) is 0 Å². The number of benzene rings is 1. The molecule has 0 heterocycles. The van der Waals surface area contributed by atoms with E-state index < -0.39 is 0 Å². The molecule has 0 radical (unpaired) electrons. The van der Waals surface area contributed by atoms with E-state index in [1.807, 2.05) is 36.0 Å². The molecule has 0 bridgehead atoms. The average molecular weight is 345 g/mol. The Morgan fingerprint density at radius 1 is 1.09 bits per heavy atom. The first-order chi connectivity index (χ1) is 10.7. The molecule has 1 N–H and O–H groups in total. The Labute approximate surface area is 144 Å². The van der Waals surface area contributed by atoms with Crippen molar-refractivity contribution < 1.29 is 9.84 Å². The summed E-state index contributed by atoms with van der Waals surface area (Å²) in [6, 6.07) is 7.60. The molecular formula is C18H29ClO2S. The molecule has 1 unspecified atom stereocenters. The van der Waals surface area contributed by atoms with Crippen LogP contribution in [-0.4, -0.2) is 29.3 Å². The highest BCUT2D eigenvalue weighted by Gasteiger charge is 2.04. The Hall–Kier alpha value is -0.220. The van der Waals surface area contributed by atoms with Gasteiger partial charge in [0.15, 0.2) is 0 Å². The largest absolute Gasteiger partial charge is 0.390 e. The number of hydrogen-bond acceptors (Lipinski definition) is 3. The highest BCUT2D eigenvalue weighted by molar-refractivity contribution is 7.99. The van der Waals surface area contributed by atoms with Gasteiger partial charge in [-0.3, -0.25) is 0 Å². The molecule has 0 amide bonds. The summed E-state index contributed by atoms with van der Waals surface area (Å²) >= 11 is 7.66. The first-order valence-electron chi connectivity index (χ1n) is 8.30. The summed E-state index contributed by atoms with van der Waals surface area (Å²) in [5, 5.41) is 10.6. The number of aliphatic hydroxyl groups is 1. The SMILES string of the molecule is CCCCCCCCSCC(O)COCc1ccc(Cl)cc1. The predicted molar refractivity (Wildman–Crippen MR) is 97.8 cm³/mol. The smallest absolute Gasteiger partial charge is 0.0863 e. The van der Waals surface area contributed by atoms with Gasteiger partial charge in [0, 0.05) is 10.8 Å². The van der Waals surface area contributed by atoms with Gasteiger partial charge in [-0.25, -0.2) is 0 Å². The van der Waals surface area contributed by atoms with Crippen molar-refractivity contribution in [2.45, 2.75) is 58.2 Å². The Kier molecular flexibility index (Phi) is 11.9. The van der Waals surface area contributed by atoms with Gasteiger partial charge < -0.3 is 9.84 Å². The highest BCUT2D eigenvalue weighted by atomic mass is 35.5. The van der Waals surface area contributed by atoms with Crippen molar-refractivity contribution in [3.63, 3.8) is 0 Å². The van der Waals surface area contributed by atoms with Gasteiger partial charge >= 0.3 is 0 Å². The molecule has 1 aromatic rings. The summed E-state index contributed by atoms with van der Waals surface area (Å²) in [6.45, 7) is 3.16. The maximum atomic E-state index is 9.88. The lowest BCUT2D eigenvalue weighted by atomic mass is 10.1. The summed E-state index contributed by atoms with van der Waals surface area (Å²) in [6.07, 6.45) is 7.57. The maximum absolute atomic E-state index is 9.88. The molecule has 4 heteroatoms. The van der Waals surface area contributed by atoms with Crippen LogP contribution in [0.5, 0.6) is 0 Å². The van der Waals surface area contributed by atoms with Crippen LogP contribution in [0.15, 0.2) is 24.3 Å². The number of hydrogen-bond donors (Lipinski definition) is 1. The molecule has 0 aromatic heterocycles. The van der Waals surface area contributed by atoms with Gasteiger partial charge in [0.1, 0.15) is 0 Å². The second-order valence-corrected chi connectivity index (χ2v) is 7.22. The van der Waals surface area contributed by atoms with Crippen LogP contribution >= 0.6 is 23.4 Å². The van der Waals surface area contributed by atoms with Crippen LogP contribution in [0.25, 0.3) is 0 Å². The zero-order chi connectivity index (χ0) is 16.0. The number of aliphatic hydroxyl groups excluding tert-OH is 1. The first-order valence-corrected chi connectivity index (χ1v) is 9.83. The summed E-state index contributed by atoms with van der Waals surface area (Å²) in [5.74, 6) is 1.90. The van der Waals surface area contributed by atoms with Crippen molar-refractivity contribution in [1.29, 1.82) is 0 Å². The van der Waals surface area contributed by atoms with Crippen molar-refractivity contribution in [3.05, 3.63) is 34.9 Å². The second kappa shape index (κ2) is 13.2. The monoisotopic (exact) mass is 344 g/mol. The van der Waals surface area contributed by atoms with Crippen LogP contribution < -0.4 is 0 Å². The molecule has 22 heavy (non-hydrogen) atoms. The number of halogens is 1. The second-order valence-electron chi connectivity index (χ2n) is 5.64. The lowest BCUT2D eigenvalue weighted by Gasteiger charge is -2.11. The lowest BCUT2D eigenvalue weighted by Crippen LogP contribution is -2.18.